The standard InChI is InChI=1S/C12H11ClN4O3/c1-7-4-8(13)2-3-9(7)14-12(20)10-5-17(16-15-10)6-11(18)19/h2-5H,6H2,1H3,(H,14,20)(H,18,19). The number of benzene rings is 1. The van der Waals surface area contributed by atoms with E-state index in [1.54, 1.807) is 18.2 Å². The first-order valence-corrected chi connectivity index (χ1v) is 6.03. The van der Waals surface area contributed by atoms with Crippen molar-refractivity contribution in [2.75, 3.05) is 5.32 Å². The van der Waals surface area contributed by atoms with Gasteiger partial charge in [0.2, 0.25) is 0 Å². The van der Waals surface area contributed by atoms with Crippen LogP contribution in [0.5, 0.6) is 0 Å². The minimum Gasteiger partial charge on any atom is -0.480 e. The van der Waals surface area contributed by atoms with Crippen molar-refractivity contribution in [1.29, 1.82) is 0 Å². The monoisotopic (exact) mass is 294 g/mol. The van der Waals surface area contributed by atoms with Gasteiger partial charge >= 0.3 is 5.97 Å². The van der Waals surface area contributed by atoms with E-state index in [0.717, 1.165) is 10.2 Å². The number of aryl methyl sites for hydroxylation is 1. The Morgan fingerprint density at radius 3 is 2.85 bits per heavy atom. The number of nitrogens with zero attached hydrogens (tertiary/aromatic N) is 3. The summed E-state index contributed by atoms with van der Waals surface area (Å²) in [6.07, 6.45) is 1.27. The topological polar surface area (TPSA) is 97.1 Å². The van der Waals surface area contributed by atoms with E-state index >= 15 is 0 Å². The number of carboxylic acid groups (broad SMARTS) is 1. The van der Waals surface area contributed by atoms with Crippen LogP contribution in [-0.2, 0) is 11.3 Å². The first kappa shape index (κ1) is 14.0. The number of hydrogen-bond donors (Lipinski definition) is 2. The molecule has 0 aliphatic rings. The van der Waals surface area contributed by atoms with Crippen LogP contribution in [0.2, 0.25) is 5.02 Å². The molecule has 20 heavy (non-hydrogen) atoms. The van der Waals surface area contributed by atoms with Crippen LogP contribution in [-0.4, -0.2) is 32.0 Å². The summed E-state index contributed by atoms with van der Waals surface area (Å²) in [5, 5.41) is 19.0. The van der Waals surface area contributed by atoms with Crippen LogP contribution in [0.15, 0.2) is 24.4 Å². The molecule has 0 bridgehead atoms. The molecule has 0 aliphatic heterocycles. The van der Waals surface area contributed by atoms with E-state index in [-0.39, 0.29) is 12.2 Å². The fraction of sp³-hybridized carbons (Fsp3) is 0.167. The predicted octanol–water partition coefficient (Wildman–Crippen LogP) is 1.58. The predicted molar refractivity (Wildman–Crippen MR) is 71.8 cm³/mol. The number of carbonyl (C=O) groups excluding carboxylic acids is 1. The summed E-state index contributed by atoms with van der Waals surface area (Å²) < 4.78 is 1.08. The third-order valence-corrected chi connectivity index (χ3v) is 2.74. The van der Waals surface area contributed by atoms with Crippen molar-refractivity contribution in [1.82, 2.24) is 15.0 Å². The van der Waals surface area contributed by atoms with E-state index in [1.807, 2.05) is 6.92 Å². The van der Waals surface area contributed by atoms with E-state index in [2.05, 4.69) is 15.6 Å². The molecule has 8 heteroatoms. The molecule has 2 N–H and O–H groups in total. The largest absolute Gasteiger partial charge is 0.480 e. The van der Waals surface area contributed by atoms with Gasteiger partial charge in [0.05, 0.1) is 6.20 Å². The smallest absolute Gasteiger partial charge is 0.325 e. The fourth-order valence-corrected chi connectivity index (χ4v) is 1.80. The molecule has 0 atom stereocenters. The van der Waals surface area contributed by atoms with Crippen LogP contribution in [0.1, 0.15) is 16.1 Å². The number of anilines is 1. The van der Waals surface area contributed by atoms with E-state index < -0.39 is 11.9 Å². The molecule has 7 nitrogen and oxygen atoms in total. The number of aliphatic carboxylic acids is 1. The van der Waals surface area contributed by atoms with Gasteiger partial charge in [0.25, 0.3) is 5.91 Å². The molecule has 0 radical (unpaired) electrons. The van der Waals surface area contributed by atoms with Crippen molar-refractivity contribution in [3.8, 4) is 0 Å². The lowest BCUT2D eigenvalue weighted by Crippen LogP contribution is -2.13. The number of carboxylic acids is 1. The molecular weight excluding hydrogens is 284 g/mol. The van der Waals surface area contributed by atoms with Gasteiger partial charge in [0, 0.05) is 10.7 Å². The van der Waals surface area contributed by atoms with Crippen molar-refractivity contribution < 1.29 is 14.7 Å². The summed E-state index contributed by atoms with van der Waals surface area (Å²) in [6, 6.07) is 5.06. The number of hydrogen-bond acceptors (Lipinski definition) is 4. The summed E-state index contributed by atoms with van der Waals surface area (Å²) in [5.41, 5.74) is 1.46. The Morgan fingerprint density at radius 1 is 1.45 bits per heavy atom. The third-order valence-electron chi connectivity index (χ3n) is 2.51. The maximum absolute atomic E-state index is 11.9. The Bertz CT molecular complexity index is 668. The van der Waals surface area contributed by atoms with E-state index in [9.17, 15) is 9.59 Å². The minimum atomic E-state index is -1.06. The highest BCUT2D eigenvalue weighted by Gasteiger charge is 2.13. The number of nitrogens with one attached hydrogen (secondary N) is 1. The first-order chi connectivity index (χ1) is 9.45. The molecule has 0 aliphatic carbocycles. The Hall–Kier alpha value is -2.41. The van der Waals surface area contributed by atoms with Gasteiger partial charge in [-0.25, -0.2) is 4.68 Å². The molecule has 1 aromatic carbocycles. The summed E-state index contributed by atoms with van der Waals surface area (Å²) in [6.45, 7) is 1.46. The second-order valence-corrected chi connectivity index (χ2v) is 4.54. The fourth-order valence-electron chi connectivity index (χ4n) is 1.57. The van der Waals surface area contributed by atoms with Gasteiger partial charge in [0.1, 0.15) is 6.54 Å². The number of aromatic nitrogens is 3. The van der Waals surface area contributed by atoms with Gasteiger partial charge < -0.3 is 10.4 Å². The summed E-state index contributed by atoms with van der Waals surface area (Å²) in [7, 11) is 0. The molecule has 2 rings (SSSR count). The molecule has 1 aromatic heterocycles. The SMILES string of the molecule is Cc1cc(Cl)ccc1NC(=O)c1cn(CC(=O)O)nn1. The molecule has 2 aromatic rings. The summed E-state index contributed by atoms with van der Waals surface area (Å²) in [5.74, 6) is -1.53. The van der Waals surface area contributed by atoms with Gasteiger partial charge in [-0.15, -0.1) is 5.10 Å². The average Bonchev–Trinajstić information content (AvgIpc) is 2.80. The van der Waals surface area contributed by atoms with Crippen LogP contribution < -0.4 is 5.32 Å². The zero-order chi connectivity index (χ0) is 14.7. The van der Waals surface area contributed by atoms with Crippen LogP contribution in [0.3, 0.4) is 0 Å². The summed E-state index contributed by atoms with van der Waals surface area (Å²) in [4.78, 5) is 22.5. The van der Waals surface area contributed by atoms with Gasteiger partial charge in [-0.1, -0.05) is 16.8 Å². The van der Waals surface area contributed by atoms with Crippen LogP contribution >= 0.6 is 11.6 Å². The van der Waals surface area contributed by atoms with Gasteiger partial charge in [-0.2, -0.15) is 0 Å². The van der Waals surface area contributed by atoms with E-state index in [1.165, 1.54) is 6.20 Å². The van der Waals surface area contributed by atoms with Crippen LogP contribution in [0, 0.1) is 6.92 Å². The molecule has 0 saturated carbocycles. The molecule has 0 fully saturated rings. The molecular formula is C12H11ClN4O3. The Balaban J connectivity index is 2.11. The van der Waals surface area contributed by atoms with Gasteiger partial charge in [0.15, 0.2) is 5.69 Å². The third kappa shape index (κ3) is 3.33. The zero-order valence-corrected chi connectivity index (χ0v) is 11.3. The summed E-state index contributed by atoms with van der Waals surface area (Å²) >= 11 is 5.83. The zero-order valence-electron chi connectivity index (χ0n) is 10.5. The minimum absolute atomic E-state index is 0.0422. The second kappa shape index (κ2) is 5.70. The number of carbonyl (C=O) groups is 2. The second-order valence-electron chi connectivity index (χ2n) is 4.11. The number of halogens is 1. The lowest BCUT2D eigenvalue weighted by Gasteiger charge is -2.06. The Kier molecular flexibility index (Phi) is 3.99. The lowest BCUT2D eigenvalue weighted by molar-refractivity contribution is -0.137. The molecule has 1 heterocycles. The quantitative estimate of drug-likeness (QED) is 0.892. The molecule has 0 spiro atoms. The van der Waals surface area contributed by atoms with Crippen molar-refractivity contribution in [3.05, 3.63) is 40.7 Å². The molecule has 0 saturated heterocycles. The Morgan fingerprint density at radius 2 is 2.20 bits per heavy atom. The number of amides is 1. The van der Waals surface area contributed by atoms with E-state index in [4.69, 9.17) is 16.7 Å². The molecule has 1 amide bonds. The maximum atomic E-state index is 11.9. The van der Waals surface area contributed by atoms with Gasteiger partial charge in [-0.3, -0.25) is 9.59 Å². The van der Waals surface area contributed by atoms with Crippen LogP contribution in [0.25, 0.3) is 0 Å². The van der Waals surface area contributed by atoms with E-state index in [0.29, 0.717) is 10.7 Å². The molecule has 0 unspecified atom stereocenters. The van der Waals surface area contributed by atoms with Gasteiger partial charge in [-0.05, 0) is 30.7 Å². The van der Waals surface area contributed by atoms with Crippen molar-refractivity contribution in [3.63, 3.8) is 0 Å². The van der Waals surface area contributed by atoms with Crippen molar-refractivity contribution in [2.24, 2.45) is 0 Å². The lowest BCUT2D eigenvalue weighted by atomic mass is 10.2. The highest BCUT2D eigenvalue weighted by molar-refractivity contribution is 6.30. The molecule has 104 valence electrons. The Labute approximate surface area is 119 Å². The van der Waals surface area contributed by atoms with Crippen LogP contribution in [0.4, 0.5) is 5.69 Å². The highest BCUT2D eigenvalue weighted by atomic mass is 35.5. The van der Waals surface area contributed by atoms with Crippen molar-refractivity contribution >= 4 is 29.2 Å². The maximum Gasteiger partial charge on any atom is 0.325 e. The normalized spacial score (nSPS) is 10.3. The first-order valence-electron chi connectivity index (χ1n) is 5.65. The average molecular weight is 295 g/mol. The highest BCUT2D eigenvalue weighted by Crippen LogP contribution is 2.19. The van der Waals surface area contributed by atoms with Crippen molar-refractivity contribution in [2.45, 2.75) is 13.5 Å². The number of rotatable bonds is 4.